The van der Waals surface area contributed by atoms with Crippen molar-refractivity contribution in [3.63, 3.8) is 0 Å². The molecule has 1 atom stereocenters. The number of hydrogen-bond acceptors (Lipinski definition) is 3. The lowest BCUT2D eigenvalue weighted by Gasteiger charge is -2.15. The van der Waals surface area contributed by atoms with Gasteiger partial charge in [-0.05, 0) is 32.0 Å². The first-order chi connectivity index (χ1) is 8.11. The van der Waals surface area contributed by atoms with E-state index in [0.29, 0.717) is 0 Å². The largest absolute Gasteiger partial charge is 0.305 e. The quantitative estimate of drug-likeness (QED) is 0.781. The van der Waals surface area contributed by atoms with Crippen molar-refractivity contribution in [3.8, 4) is 6.07 Å². The summed E-state index contributed by atoms with van der Waals surface area (Å²) in [5.74, 6) is -0.0403. The molecule has 1 amide bonds. The molecule has 4 heteroatoms. The minimum atomic E-state index is -0.321. The third kappa shape index (κ3) is 1.60. The first-order valence-corrected chi connectivity index (χ1v) is 5.57. The number of rotatable bonds is 2. The van der Waals surface area contributed by atoms with Gasteiger partial charge in [0.05, 0.1) is 11.8 Å². The summed E-state index contributed by atoms with van der Waals surface area (Å²) in [6.45, 7) is 4.06. The number of hydrogen-bond donors (Lipinski definition) is 1. The van der Waals surface area contributed by atoms with E-state index in [2.05, 4.69) is 5.32 Å². The lowest BCUT2D eigenvalue weighted by molar-refractivity contribution is -0.119. The van der Waals surface area contributed by atoms with Crippen molar-refractivity contribution >= 4 is 11.6 Å². The Kier molecular flexibility index (Phi) is 2.86. The van der Waals surface area contributed by atoms with Gasteiger partial charge in [0.15, 0.2) is 0 Å². The summed E-state index contributed by atoms with van der Waals surface area (Å²) in [7, 11) is 1.77. The molecule has 0 spiro atoms. The van der Waals surface area contributed by atoms with Crippen LogP contribution in [-0.4, -0.2) is 19.5 Å². The maximum Gasteiger partial charge on any atom is 0.249 e. The van der Waals surface area contributed by atoms with Crippen molar-refractivity contribution < 1.29 is 4.79 Å². The van der Waals surface area contributed by atoms with Gasteiger partial charge in [-0.15, -0.1) is 0 Å². The summed E-state index contributed by atoms with van der Waals surface area (Å²) < 4.78 is 0. The van der Waals surface area contributed by atoms with Crippen LogP contribution in [0.3, 0.4) is 0 Å². The molecule has 1 aliphatic heterocycles. The molecule has 0 bridgehead atoms. The number of anilines is 1. The molecule has 1 N–H and O–H groups in total. The Morgan fingerprint density at radius 3 is 2.65 bits per heavy atom. The van der Waals surface area contributed by atoms with Crippen molar-refractivity contribution in [1.29, 1.82) is 5.26 Å². The predicted octanol–water partition coefficient (Wildman–Crippen LogP) is 1.43. The van der Waals surface area contributed by atoms with E-state index in [9.17, 15) is 4.79 Å². The number of aryl methyl sites for hydroxylation is 2. The fourth-order valence-electron chi connectivity index (χ4n) is 2.43. The molecule has 0 fully saturated rings. The molecule has 1 unspecified atom stereocenters. The molecule has 1 aromatic carbocycles. The zero-order valence-electron chi connectivity index (χ0n) is 10.2. The summed E-state index contributed by atoms with van der Waals surface area (Å²) in [4.78, 5) is 13.8. The van der Waals surface area contributed by atoms with Crippen LogP contribution in [0.15, 0.2) is 12.1 Å². The van der Waals surface area contributed by atoms with Gasteiger partial charge in [-0.2, -0.15) is 5.26 Å². The number of amides is 1. The predicted molar refractivity (Wildman–Crippen MR) is 65.7 cm³/mol. The van der Waals surface area contributed by atoms with Crippen molar-refractivity contribution in [2.24, 2.45) is 0 Å². The van der Waals surface area contributed by atoms with Gasteiger partial charge in [0.25, 0.3) is 0 Å². The highest BCUT2D eigenvalue weighted by atomic mass is 16.2. The van der Waals surface area contributed by atoms with Crippen LogP contribution in [0.5, 0.6) is 0 Å². The molecular formula is C13H15N3O. The molecule has 0 aromatic heterocycles. The highest BCUT2D eigenvalue weighted by Crippen LogP contribution is 2.39. The molecule has 2 rings (SSSR count). The molecule has 1 aromatic rings. The first-order valence-electron chi connectivity index (χ1n) is 5.57. The van der Waals surface area contributed by atoms with Crippen LogP contribution in [0.4, 0.5) is 5.69 Å². The van der Waals surface area contributed by atoms with Gasteiger partial charge in [0.2, 0.25) is 5.91 Å². The number of fused-ring (bicyclic) bond motifs is 1. The van der Waals surface area contributed by atoms with E-state index in [-0.39, 0.29) is 18.5 Å². The van der Waals surface area contributed by atoms with Gasteiger partial charge in [0.1, 0.15) is 12.6 Å². The van der Waals surface area contributed by atoms with Crippen molar-refractivity contribution in [3.05, 3.63) is 28.8 Å². The van der Waals surface area contributed by atoms with Crippen molar-refractivity contribution in [2.45, 2.75) is 19.9 Å². The Hall–Kier alpha value is -1.86. The average Bonchev–Trinajstić information content (AvgIpc) is 2.59. The maximum absolute atomic E-state index is 12.2. The second-order valence-corrected chi connectivity index (χ2v) is 4.27. The standard InChI is InChI=1S/C13H15N3O/c1-8-4-5-9(2)12-10(8)11(15-3)13(17)16(12)7-6-14/h4-5,11,15H,7H2,1-3H3. The summed E-state index contributed by atoms with van der Waals surface area (Å²) in [6.07, 6.45) is 0. The SMILES string of the molecule is CNC1C(=O)N(CC#N)c2c(C)ccc(C)c21. The maximum atomic E-state index is 12.2. The second-order valence-electron chi connectivity index (χ2n) is 4.27. The van der Waals surface area contributed by atoms with E-state index in [4.69, 9.17) is 5.26 Å². The summed E-state index contributed by atoms with van der Waals surface area (Å²) >= 11 is 0. The van der Waals surface area contributed by atoms with Gasteiger partial charge >= 0.3 is 0 Å². The van der Waals surface area contributed by atoms with Crippen LogP contribution in [0, 0.1) is 25.2 Å². The summed E-state index contributed by atoms with van der Waals surface area (Å²) in [5, 5.41) is 11.9. The fraction of sp³-hybridized carbons (Fsp3) is 0.385. The Balaban J connectivity index is 2.65. The highest BCUT2D eigenvalue weighted by molar-refractivity contribution is 6.06. The van der Waals surface area contributed by atoms with Crippen molar-refractivity contribution in [2.75, 3.05) is 18.5 Å². The Morgan fingerprint density at radius 1 is 1.41 bits per heavy atom. The number of nitriles is 1. The minimum absolute atomic E-state index is 0.0403. The molecule has 0 radical (unpaired) electrons. The van der Waals surface area contributed by atoms with Gasteiger partial charge in [-0.1, -0.05) is 12.1 Å². The minimum Gasteiger partial charge on any atom is -0.305 e. The van der Waals surface area contributed by atoms with Crippen LogP contribution < -0.4 is 10.2 Å². The highest BCUT2D eigenvalue weighted by Gasteiger charge is 2.38. The molecule has 0 saturated carbocycles. The average molecular weight is 229 g/mol. The Morgan fingerprint density at radius 2 is 2.06 bits per heavy atom. The normalized spacial score (nSPS) is 18.1. The molecule has 1 aliphatic rings. The number of benzene rings is 1. The number of likely N-dealkylation sites (N-methyl/N-ethyl adjacent to an activating group) is 1. The van der Waals surface area contributed by atoms with Crippen LogP contribution in [0.1, 0.15) is 22.7 Å². The van der Waals surface area contributed by atoms with E-state index in [1.165, 1.54) is 0 Å². The number of carbonyl (C=O) groups is 1. The van der Waals surface area contributed by atoms with Gasteiger partial charge < -0.3 is 5.32 Å². The second kappa shape index (κ2) is 4.19. The lowest BCUT2D eigenvalue weighted by Crippen LogP contribution is -2.33. The van der Waals surface area contributed by atoms with E-state index >= 15 is 0 Å². The zero-order valence-corrected chi connectivity index (χ0v) is 10.2. The number of carbonyl (C=O) groups excluding carboxylic acids is 1. The van der Waals surface area contributed by atoms with Gasteiger partial charge in [-0.25, -0.2) is 0 Å². The van der Waals surface area contributed by atoms with E-state index in [1.54, 1.807) is 11.9 Å². The van der Waals surface area contributed by atoms with Gasteiger partial charge in [0, 0.05) is 5.56 Å². The Bertz CT molecular complexity index is 516. The Labute approximate surface area is 101 Å². The lowest BCUT2D eigenvalue weighted by atomic mass is 9.99. The van der Waals surface area contributed by atoms with Crippen LogP contribution >= 0.6 is 0 Å². The molecule has 88 valence electrons. The molecule has 0 aliphatic carbocycles. The molecule has 1 heterocycles. The summed E-state index contributed by atoms with van der Waals surface area (Å²) in [6, 6.07) is 5.73. The third-order valence-electron chi connectivity index (χ3n) is 3.23. The van der Waals surface area contributed by atoms with E-state index in [1.807, 2.05) is 32.0 Å². The first kappa shape index (κ1) is 11.6. The van der Waals surface area contributed by atoms with E-state index in [0.717, 1.165) is 22.4 Å². The molecule has 4 nitrogen and oxygen atoms in total. The van der Waals surface area contributed by atoms with Gasteiger partial charge in [-0.3, -0.25) is 9.69 Å². The van der Waals surface area contributed by atoms with Crippen LogP contribution in [0.2, 0.25) is 0 Å². The monoisotopic (exact) mass is 229 g/mol. The van der Waals surface area contributed by atoms with Crippen molar-refractivity contribution in [1.82, 2.24) is 5.32 Å². The molecular weight excluding hydrogens is 214 g/mol. The summed E-state index contributed by atoms with van der Waals surface area (Å²) in [5.41, 5.74) is 4.02. The van der Waals surface area contributed by atoms with Crippen LogP contribution in [0.25, 0.3) is 0 Å². The van der Waals surface area contributed by atoms with Crippen LogP contribution in [-0.2, 0) is 4.79 Å². The fourth-order valence-corrected chi connectivity index (χ4v) is 2.43. The zero-order chi connectivity index (χ0) is 12.6. The van der Waals surface area contributed by atoms with E-state index < -0.39 is 0 Å². The molecule has 17 heavy (non-hydrogen) atoms. The molecule has 0 saturated heterocycles. The third-order valence-corrected chi connectivity index (χ3v) is 3.23. The topological polar surface area (TPSA) is 56.1 Å². The number of nitrogens with one attached hydrogen (secondary N) is 1. The smallest absolute Gasteiger partial charge is 0.249 e. The number of nitrogens with zero attached hydrogens (tertiary/aromatic N) is 2.